The number of rotatable bonds is 6. The molecule has 1 aliphatic heterocycles. The van der Waals surface area contributed by atoms with Crippen LogP contribution in [0.3, 0.4) is 0 Å². The van der Waals surface area contributed by atoms with E-state index >= 15 is 0 Å². The Morgan fingerprint density at radius 3 is 2.32 bits per heavy atom. The summed E-state index contributed by atoms with van der Waals surface area (Å²) >= 11 is 0. The van der Waals surface area contributed by atoms with Gasteiger partial charge in [0.15, 0.2) is 0 Å². The lowest BCUT2D eigenvalue weighted by molar-refractivity contribution is -0.384. The molecule has 134 valence electrons. The van der Waals surface area contributed by atoms with Gasteiger partial charge in [-0.25, -0.2) is 8.42 Å². The van der Waals surface area contributed by atoms with Gasteiger partial charge in [0.2, 0.25) is 10.0 Å². The highest BCUT2D eigenvalue weighted by atomic mass is 32.2. The Labute approximate surface area is 145 Å². The molecule has 10 heteroatoms. The van der Waals surface area contributed by atoms with E-state index in [0.29, 0.717) is 26.2 Å². The third-order valence-electron chi connectivity index (χ3n) is 4.22. The van der Waals surface area contributed by atoms with Crippen LogP contribution in [0.5, 0.6) is 0 Å². The first kappa shape index (κ1) is 17.5. The summed E-state index contributed by atoms with van der Waals surface area (Å²) in [7, 11) is -3.62. The van der Waals surface area contributed by atoms with Gasteiger partial charge in [-0.2, -0.15) is 9.40 Å². The van der Waals surface area contributed by atoms with E-state index in [1.54, 1.807) is 6.20 Å². The van der Waals surface area contributed by atoms with E-state index in [0.717, 1.165) is 13.1 Å². The highest BCUT2D eigenvalue weighted by Gasteiger charge is 2.28. The topological polar surface area (TPSA) is 102 Å². The fourth-order valence-electron chi connectivity index (χ4n) is 2.76. The number of hydrogen-bond donors (Lipinski definition) is 0. The summed E-state index contributed by atoms with van der Waals surface area (Å²) in [5.74, 6) is 0. The predicted molar refractivity (Wildman–Crippen MR) is 90.5 cm³/mol. The number of nitrogens with zero attached hydrogens (tertiary/aromatic N) is 5. The van der Waals surface area contributed by atoms with E-state index in [1.165, 1.54) is 28.6 Å². The molecule has 0 N–H and O–H groups in total. The Morgan fingerprint density at radius 1 is 1.08 bits per heavy atom. The summed E-state index contributed by atoms with van der Waals surface area (Å²) in [6, 6.07) is 6.88. The van der Waals surface area contributed by atoms with Gasteiger partial charge in [-0.3, -0.25) is 19.7 Å². The molecule has 0 atom stereocenters. The van der Waals surface area contributed by atoms with Crippen LogP contribution in [-0.2, 0) is 16.6 Å². The lowest BCUT2D eigenvalue weighted by Gasteiger charge is -2.33. The number of hydrogen-bond acceptors (Lipinski definition) is 6. The number of nitro benzene ring substituents is 1. The van der Waals surface area contributed by atoms with Crippen molar-refractivity contribution in [3.8, 4) is 0 Å². The Kier molecular flexibility index (Phi) is 5.11. The van der Waals surface area contributed by atoms with Gasteiger partial charge in [-0.05, 0) is 18.2 Å². The zero-order chi connectivity index (χ0) is 17.9. The molecule has 1 aromatic heterocycles. The monoisotopic (exact) mass is 365 g/mol. The van der Waals surface area contributed by atoms with Gasteiger partial charge in [0.25, 0.3) is 5.69 Å². The minimum Gasteiger partial charge on any atom is -0.299 e. The average molecular weight is 365 g/mol. The quantitative estimate of drug-likeness (QED) is 0.554. The molecule has 2 heterocycles. The summed E-state index contributed by atoms with van der Waals surface area (Å²) in [6.45, 7) is 3.67. The number of non-ortho nitro benzene ring substituents is 1. The second-order valence-electron chi connectivity index (χ2n) is 5.77. The fraction of sp³-hybridized carbons (Fsp3) is 0.400. The molecule has 0 aliphatic carbocycles. The molecular formula is C15H19N5O4S. The molecule has 0 saturated carbocycles. The summed E-state index contributed by atoms with van der Waals surface area (Å²) in [4.78, 5) is 12.4. The van der Waals surface area contributed by atoms with Crippen molar-refractivity contribution in [2.24, 2.45) is 0 Å². The van der Waals surface area contributed by atoms with E-state index in [1.807, 2.05) is 16.9 Å². The van der Waals surface area contributed by atoms with Gasteiger partial charge >= 0.3 is 0 Å². The number of benzene rings is 1. The van der Waals surface area contributed by atoms with Crippen molar-refractivity contribution >= 4 is 15.7 Å². The molecule has 25 heavy (non-hydrogen) atoms. The van der Waals surface area contributed by atoms with Crippen LogP contribution in [0.1, 0.15) is 0 Å². The fourth-order valence-corrected chi connectivity index (χ4v) is 4.18. The Morgan fingerprint density at radius 2 is 1.76 bits per heavy atom. The maximum Gasteiger partial charge on any atom is 0.269 e. The normalized spacial score (nSPS) is 16.8. The Bertz CT molecular complexity index is 812. The molecule has 0 bridgehead atoms. The molecule has 1 aromatic carbocycles. The van der Waals surface area contributed by atoms with Crippen molar-refractivity contribution < 1.29 is 13.3 Å². The molecule has 0 amide bonds. The summed E-state index contributed by atoms with van der Waals surface area (Å²) in [6.07, 6.45) is 3.63. The smallest absolute Gasteiger partial charge is 0.269 e. The van der Waals surface area contributed by atoms with Gasteiger partial charge in [-0.1, -0.05) is 0 Å². The highest BCUT2D eigenvalue weighted by Crippen LogP contribution is 2.20. The SMILES string of the molecule is O=[N+]([O-])c1ccc(S(=O)(=O)N2CCN(CCn3cccn3)CC2)cc1. The van der Waals surface area contributed by atoms with E-state index < -0.39 is 14.9 Å². The standard InChI is InChI=1S/C15H19N5O4S/c21-20(22)14-2-4-15(5-3-14)25(23,24)19-12-9-17(10-13-19)8-11-18-7-1-6-16-18/h1-7H,8-13H2. The second-order valence-corrected chi connectivity index (χ2v) is 7.70. The van der Waals surface area contributed by atoms with Crippen LogP contribution in [0.15, 0.2) is 47.6 Å². The molecule has 1 aliphatic rings. The summed E-state index contributed by atoms with van der Waals surface area (Å²) in [5.41, 5.74) is -0.123. The van der Waals surface area contributed by atoms with Crippen LogP contribution < -0.4 is 0 Å². The number of nitro groups is 1. The molecule has 0 radical (unpaired) electrons. The van der Waals surface area contributed by atoms with E-state index in [9.17, 15) is 18.5 Å². The second kappa shape index (κ2) is 7.30. The van der Waals surface area contributed by atoms with Crippen molar-refractivity contribution in [3.05, 3.63) is 52.8 Å². The molecular weight excluding hydrogens is 346 g/mol. The molecule has 3 rings (SSSR count). The molecule has 0 spiro atoms. The minimum atomic E-state index is -3.62. The van der Waals surface area contributed by atoms with Crippen molar-refractivity contribution in [2.75, 3.05) is 32.7 Å². The molecule has 2 aromatic rings. The third kappa shape index (κ3) is 4.03. The predicted octanol–water partition coefficient (Wildman–Crippen LogP) is 0.798. The third-order valence-corrected chi connectivity index (χ3v) is 6.13. The van der Waals surface area contributed by atoms with E-state index in [4.69, 9.17) is 0 Å². The van der Waals surface area contributed by atoms with E-state index in [-0.39, 0.29) is 10.6 Å². The molecule has 0 unspecified atom stereocenters. The van der Waals surface area contributed by atoms with Crippen LogP contribution >= 0.6 is 0 Å². The Hall–Kier alpha value is -2.30. The first-order chi connectivity index (χ1) is 12.0. The lowest BCUT2D eigenvalue weighted by atomic mass is 10.3. The summed E-state index contributed by atoms with van der Waals surface area (Å²) in [5, 5.41) is 14.8. The van der Waals surface area contributed by atoms with Crippen molar-refractivity contribution in [1.82, 2.24) is 19.0 Å². The average Bonchev–Trinajstić information content (AvgIpc) is 3.14. The van der Waals surface area contributed by atoms with Gasteiger partial charge < -0.3 is 0 Å². The van der Waals surface area contributed by atoms with Gasteiger partial charge in [-0.15, -0.1) is 0 Å². The van der Waals surface area contributed by atoms with Crippen LogP contribution in [-0.4, -0.2) is 65.1 Å². The van der Waals surface area contributed by atoms with Crippen molar-refractivity contribution in [1.29, 1.82) is 0 Å². The Balaban J connectivity index is 1.58. The van der Waals surface area contributed by atoms with Crippen molar-refractivity contribution in [3.63, 3.8) is 0 Å². The largest absolute Gasteiger partial charge is 0.299 e. The highest BCUT2D eigenvalue weighted by molar-refractivity contribution is 7.89. The van der Waals surface area contributed by atoms with Crippen LogP contribution in [0.4, 0.5) is 5.69 Å². The van der Waals surface area contributed by atoms with Gasteiger partial charge in [0, 0.05) is 57.3 Å². The number of piperazine rings is 1. The van der Waals surface area contributed by atoms with Crippen LogP contribution in [0.25, 0.3) is 0 Å². The first-order valence-electron chi connectivity index (χ1n) is 7.91. The zero-order valence-corrected chi connectivity index (χ0v) is 14.4. The minimum absolute atomic E-state index is 0.0862. The van der Waals surface area contributed by atoms with Crippen LogP contribution in [0, 0.1) is 10.1 Å². The summed E-state index contributed by atoms with van der Waals surface area (Å²) < 4.78 is 28.6. The van der Waals surface area contributed by atoms with E-state index in [2.05, 4.69) is 10.00 Å². The lowest BCUT2D eigenvalue weighted by Crippen LogP contribution is -2.49. The van der Waals surface area contributed by atoms with Crippen molar-refractivity contribution in [2.45, 2.75) is 11.4 Å². The first-order valence-corrected chi connectivity index (χ1v) is 9.35. The van der Waals surface area contributed by atoms with Gasteiger partial charge in [0.05, 0.1) is 16.4 Å². The molecule has 1 fully saturated rings. The van der Waals surface area contributed by atoms with Gasteiger partial charge in [0.1, 0.15) is 0 Å². The molecule has 1 saturated heterocycles. The van der Waals surface area contributed by atoms with Crippen LogP contribution in [0.2, 0.25) is 0 Å². The zero-order valence-electron chi connectivity index (χ0n) is 13.6. The molecule has 9 nitrogen and oxygen atoms in total. The maximum absolute atomic E-state index is 12.6. The number of sulfonamides is 1. The number of aromatic nitrogens is 2. The maximum atomic E-state index is 12.6.